The molecule has 4 heterocycles. The van der Waals surface area contributed by atoms with Gasteiger partial charge in [-0.15, -0.1) is 0 Å². The van der Waals surface area contributed by atoms with Crippen LogP contribution in [-0.4, -0.2) is 60.9 Å². The zero-order chi connectivity index (χ0) is 22.3. The van der Waals surface area contributed by atoms with Crippen molar-refractivity contribution in [2.24, 2.45) is 0 Å². The number of carbonyl (C=O) groups excluding carboxylic acids is 2. The summed E-state index contributed by atoms with van der Waals surface area (Å²) >= 11 is 0. The summed E-state index contributed by atoms with van der Waals surface area (Å²) in [4.78, 5) is 36.1. The number of rotatable bonds is 3. The first kappa shape index (κ1) is 21.0. The molecule has 11 heteroatoms. The Hall–Kier alpha value is -3.24. The van der Waals surface area contributed by atoms with Crippen molar-refractivity contribution >= 4 is 17.7 Å². The molecule has 2 aromatic heterocycles. The molecule has 4 rings (SSSR count). The quantitative estimate of drug-likeness (QED) is 0.732. The van der Waals surface area contributed by atoms with Crippen LogP contribution in [0.15, 0.2) is 18.6 Å². The highest BCUT2D eigenvalue weighted by atomic mass is 19.1. The Labute approximate surface area is 179 Å². The molecule has 1 fully saturated rings. The Morgan fingerprint density at radius 2 is 1.90 bits per heavy atom. The molecule has 0 N–H and O–H groups in total. The number of halogens is 1. The van der Waals surface area contributed by atoms with E-state index in [2.05, 4.69) is 15.1 Å². The normalized spacial score (nSPS) is 21.3. The third-order valence-electron chi connectivity index (χ3n) is 5.09. The van der Waals surface area contributed by atoms with Gasteiger partial charge < -0.3 is 14.4 Å². The van der Waals surface area contributed by atoms with Crippen LogP contribution in [0.3, 0.4) is 0 Å². The first-order chi connectivity index (χ1) is 14.6. The van der Waals surface area contributed by atoms with Crippen molar-refractivity contribution < 1.29 is 23.5 Å². The standard InChI is InChI=1S/C20H25FN6O4/c1-12-9-27-16(11-25(12)19(29)31-20(2,3)4)15(8-24-27)26-10-14(5-17(26)28)30-18-22-6-13(21)7-23-18/h6-8,12,14H,5,9-11H2,1-4H3. The van der Waals surface area contributed by atoms with E-state index in [0.29, 0.717) is 12.2 Å². The van der Waals surface area contributed by atoms with Crippen LogP contribution in [0.4, 0.5) is 14.9 Å². The molecule has 0 bridgehead atoms. The summed E-state index contributed by atoms with van der Waals surface area (Å²) in [5, 5.41) is 4.41. The van der Waals surface area contributed by atoms with Crippen LogP contribution in [0.25, 0.3) is 0 Å². The molecule has 2 aliphatic rings. The van der Waals surface area contributed by atoms with Gasteiger partial charge in [0.1, 0.15) is 11.7 Å². The Morgan fingerprint density at radius 3 is 2.58 bits per heavy atom. The SMILES string of the molecule is CC1Cn2ncc(N3CC(Oc4ncc(F)cn4)CC3=O)c2CN1C(=O)OC(C)(C)C. The van der Waals surface area contributed by atoms with E-state index < -0.39 is 23.6 Å². The fraction of sp³-hybridized carbons (Fsp3) is 0.550. The lowest BCUT2D eigenvalue weighted by molar-refractivity contribution is -0.117. The molecule has 2 atom stereocenters. The van der Waals surface area contributed by atoms with Crippen molar-refractivity contribution in [2.45, 2.75) is 65.0 Å². The number of hydrogen-bond acceptors (Lipinski definition) is 7. The van der Waals surface area contributed by atoms with Gasteiger partial charge in [0.05, 0.1) is 62.1 Å². The average Bonchev–Trinajstić information content (AvgIpc) is 3.23. The van der Waals surface area contributed by atoms with Gasteiger partial charge in [-0.25, -0.2) is 19.2 Å². The molecule has 0 spiro atoms. The molecule has 0 aromatic carbocycles. The second-order valence-electron chi connectivity index (χ2n) is 8.75. The molecule has 0 saturated carbocycles. The predicted octanol–water partition coefficient (Wildman–Crippen LogP) is 2.14. The van der Waals surface area contributed by atoms with E-state index in [1.165, 1.54) is 0 Å². The Bertz CT molecular complexity index is 987. The number of nitrogens with zero attached hydrogens (tertiary/aromatic N) is 6. The summed E-state index contributed by atoms with van der Waals surface area (Å²) in [6.07, 6.45) is 2.92. The average molecular weight is 432 g/mol. The molecule has 2 aromatic rings. The third kappa shape index (κ3) is 4.44. The molecule has 31 heavy (non-hydrogen) atoms. The van der Waals surface area contributed by atoms with Crippen molar-refractivity contribution in [3.05, 3.63) is 30.1 Å². The second kappa shape index (κ2) is 7.78. The largest absolute Gasteiger partial charge is 0.458 e. The number of hydrogen-bond donors (Lipinski definition) is 0. The lowest BCUT2D eigenvalue weighted by Crippen LogP contribution is -2.47. The van der Waals surface area contributed by atoms with Gasteiger partial charge in [-0.05, 0) is 27.7 Å². The van der Waals surface area contributed by atoms with Gasteiger partial charge in [0.2, 0.25) is 5.91 Å². The summed E-state index contributed by atoms with van der Waals surface area (Å²) in [7, 11) is 0. The van der Waals surface area contributed by atoms with Crippen molar-refractivity contribution in [3.63, 3.8) is 0 Å². The van der Waals surface area contributed by atoms with E-state index in [9.17, 15) is 14.0 Å². The topological polar surface area (TPSA) is 103 Å². The molecule has 2 aliphatic heterocycles. The predicted molar refractivity (Wildman–Crippen MR) is 107 cm³/mol. The van der Waals surface area contributed by atoms with Crippen LogP contribution >= 0.6 is 0 Å². The van der Waals surface area contributed by atoms with Crippen LogP contribution in [0.5, 0.6) is 6.01 Å². The maximum Gasteiger partial charge on any atom is 0.410 e. The Balaban J connectivity index is 1.50. The van der Waals surface area contributed by atoms with Gasteiger partial charge in [-0.1, -0.05) is 0 Å². The molecule has 10 nitrogen and oxygen atoms in total. The molecule has 0 aliphatic carbocycles. The fourth-order valence-electron chi connectivity index (χ4n) is 3.67. The van der Waals surface area contributed by atoms with Gasteiger partial charge in [-0.2, -0.15) is 5.10 Å². The minimum Gasteiger partial charge on any atom is -0.458 e. The van der Waals surface area contributed by atoms with Gasteiger partial charge in [0, 0.05) is 0 Å². The molecular formula is C20H25FN6O4. The summed E-state index contributed by atoms with van der Waals surface area (Å²) < 4.78 is 26.0. The van der Waals surface area contributed by atoms with E-state index in [1.54, 1.807) is 16.0 Å². The summed E-state index contributed by atoms with van der Waals surface area (Å²) in [6.45, 7) is 8.46. The molecule has 2 amide bonds. The molecule has 2 unspecified atom stereocenters. The third-order valence-corrected chi connectivity index (χ3v) is 5.09. The smallest absolute Gasteiger partial charge is 0.410 e. The zero-order valence-electron chi connectivity index (χ0n) is 17.9. The summed E-state index contributed by atoms with van der Waals surface area (Å²) in [5.74, 6) is -0.697. The highest BCUT2D eigenvalue weighted by Crippen LogP contribution is 2.31. The van der Waals surface area contributed by atoms with Gasteiger partial charge in [0.25, 0.3) is 0 Å². The highest BCUT2D eigenvalue weighted by Gasteiger charge is 2.38. The minimum absolute atomic E-state index is 0.0167. The minimum atomic E-state index is -0.602. The van der Waals surface area contributed by atoms with E-state index in [0.717, 1.165) is 18.1 Å². The Morgan fingerprint density at radius 1 is 1.19 bits per heavy atom. The van der Waals surface area contributed by atoms with Crippen LogP contribution < -0.4 is 9.64 Å². The van der Waals surface area contributed by atoms with E-state index in [-0.39, 0.29) is 37.5 Å². The van der Waals surface area contributed by atoms with E-state index in [4.69, 9.17) is 9.47 Å². The van der Waals surface area contributed by atoms with Crippen molar-refractivity contribution in [3.8, 4) is 6.01 Å². The summed E-state index contributed by atoms with van der Waals surface area (Å²) in [6, 6.07) is -0.0842. The maximum absolute atomic E-state index is 13.0. The van der Waals surface area contributed by atoms with E-state index in [1.807, 2.05) is 32.4 Å². The van der Waals surface area contributed by atoms with Gasteiger partial charge >= 0.3 is 12.1 Å². The number of aromatic nitrogens is 4. The first-order valence-electron chi connectivity index (χ1n) is 10.1. The number of amides is 2. The van der Waals surface area contributed by atoms with Gasteiger partial charge in [-0.3, -0.25) is 14.4 Å². The number of anilines is 1. The monoisotopic (exact) mass is 432 g/mol. The van der Waals surface area contributed by atoms with Crippen LogP contribution in [0, 0.1) is 5.82 Å². The Kier molecular flexibility index (Phi) is 5.28. The van der Waals surface area contributed by atoms with Crippen molar-refractivity contribution in [1.82, 2.24) is 24.6 Å². The molecule has 166 valence electrons. The van der Waals surface area contributed by atoms with E-state index >= 15 is 0 Å². The highest BCUT2D eigenvalue weighted by molar-refractivity contribution is 5.96. The second-order valence-corrected chi connectivity index (χ2v) is 8.75. The lowest BCUT2D eigenvalue weighted by Gasteiger charge is -2.36. The first-order valence-corrected chi connectivity index (χ1v) is 10.1. The number of ether oxygens (including phenoxy) is 2. The van der Waals surface area contributed by atoms with Crippen LogP contribution in [0.1, 0.15) is 39.8 Å². The van der Waals surface area contributed by atoms with Crippen LogP contribution in [-0.2, 0) is 22.6 Å². The number of fused-ring (bicyclic) bond motifs is 1. The van der Waals surface area contributed by atoms with Crippen molar-refractivity contribution in [2.75, 3.05) is 11.4 Å². The molecular weight excluding hydrogens is 407 g/mol. The maximum atomic E-state index is 13.0. The van der Waals surface area contributed by atoms with Gasteiger partial charge in [0.15, 0.2) is 5.82 Å². The van der Waals surface area contributed by atoms with Crippen molar-refractivity contribution in [1.29, 1.82) is 0 Å². The molecule has 0 radical (unpaired) electrons. The fourth-order valence-corrected chi connectivity index (χ4v) is 3.67. The molecule has 1 saturated heterocycles. The number of carbonyl (C=O) groups is 2. The summed E-state index contributed by atoms with van der Waals surface area (Å²) in [5.41, 5.74) is 0.794. The zero-order valence-corrected chi connectivity index (χ0v) is 17.9. The lowest BCUT2D eigenvalue weighted by atomic mass is 10.2. The van der Waals surface area contributed by atoms with Crippen LogP contribution in [0.2, 0.25) is 0 Å².